The van der Waals surface area contributed by atoms with Crippen LogP contribution in [-0.4, -0.2) is 48.2 Å². The van der Waals surface area contributed by atoms with E-state index in [0.717, 1.165) is 26.2 Å². The second kappa shape index (κ2) is 5.09. The van der Waals surface area contributed by atoms with Crippen LogP contribution in [0.4, 0.5) is 5.82 Å². The molecule has 0 saturated carbocycles. The predicted molar refractivity (Wildman–Crippen MR) is 59.0 cm³/mol. The highest BCUT2D eigenvalue weighted by atomic mass is 16.5. The minimum atomic E-state index is -0.140. The minimum absolute atomic E-state index is 0.0456. The smallest absolute Gasteiger partial charge is 0.242 e. The van der Waals surface area contributed by atoms with Crippen LogP contribution in [0.1, 0.15) is 6.92 Å². The molecule has 6 heteroatoms. The van der Waals surface area contributed by atoms with Crippen LogP contribution >= 0.6 is 0 Å². The van der Waals surface area contributed by atoms with E-state index in [1.807, 2.05) is 6.92 Å². The number of rotatable bonds is 3. The molecule has 1 atom stereocenters. The van der Waals surface area contributed by atoms with E-state index in [0.29, 0.717) is 5.82 Å². The Balaban J connectivity index is 1.88. The molecule has 6 nitrogen and oxygen atoms in total. The van der Waals surface area contributed by atoms with Crippen molar-refractivity contribution in [1.82, 2.24) is 15.4 Å². The van der Waals surface area contributed by atoms with Crippen molar-refractivity contribution >= 4 is 11.7 Å². The molecule has 2 N–H and O–H groups in total. The van der Waals surface area contributed by atoms with Crippen LogP contribution in [0, 0.1) is 0 Å². The Kier molecular flexibility index (Phi) is 3.53. The maximum atomic E-state index is 11.9. The normalized spacial score (nSPS) is 19.3. The van der Waals surface area contributed by atoms with Crippen molar-refractivity contribution in [2.24, 2.45) is 0 Å². The Morgan fingerprint density at radius 2 is 2.38 bits per heavy atom. The third-order valence-corrected chi connectivity index (χ3v) is 2.77. The second-order valence-corrected chi connectivity index (χ2v) is 3.84. The van der Waals surface area contributed by atoms with Gasteiger partial charge in [0.15, 0.2) is 5.82 Å². The van der Waals surface area contributed by atoms with Gasteiger partial charge in [-0.2, -0.15) is 0 Å². The third-order valence-electron chi connectivity index (χ3n) is 2.77. The summed E-state index contributed by atoms with van der Waals surface area (Å²) >= 11 is 0. The highest BCUT2D eigenvalue weighted by Gasteiger charge is 2.22. The molecule has 0 aromatic carbocycles. The molecule has 88 valence electrons. The first-order valence-corrected chi connectivity index (χ1v) is 5.43. The van der Waals surface area contributed by atoms with Gasteiger partial charge in [0, 0.05) is 32.2 Å². The van der Waals surface area contributed by atoms with E-state index in [-0.39, 0.29) is 11.9 Å². The standard InChI is InChI=1S/C10H16N4O2/c1-8(14-5-3-11-4-6-14)10(15)12-9-2-7-16-13-9/h2,7-8,11H,3-6H2,1H3,(H,12,13,15). The first-order chi connectivity index (χ1) is 7.77. The van der Waals surface area contributed by atoms with E-state index in [4.69, 9.17) is 0 Å². The zero-order valence-corrected chi connectivity index (χ0v) is 9.27. The number of carbonyl (C=O) groups is 1. The Bertz CT molecular complexity index is 333. The second-order valence-electron chi connectivity index (χ2n) is 3.84. The van der Waals surface area contributed by atoms with Crippen LogP contribution in [0.25, 0.3) is 0 Å². The molecule has 1 amide bonds. The average Bonchev–Trinajstić information content (AvgIpc) is 2.82. The van der Waals surface area contributed by atoms with E-state index in [1.54, 1.807) is 6.07 Å². The molecule has 1 aromatic rings. The van der Waals surface area contributed by atoms with Gasteiger partial charge in [0.2, 0.25) is 5.91 Å². The molecule has 1 saturated heterocycles. The number of hydrogen-bond acceptors (Lipinski definition) is 5. The van der Waals surface area contributed by atoms with Crippen molar-refractivity contribution in [3.63, 3.8) is 0 Å². The first-order valence-electron chi connectivity index (χ1n) is 5.43. The summed E-state index contributed by atoms with van der Waals surface area (Å²) in [6.07, 6.45) is 1.44. The van der Waals surface area contributed by atoms with E-state index >= 15 is 0 Å². The Morgan fingerprint density at radius 1 is 1.62 bits per heavy atom. The zero-order valence-electron chi connectivity index (χ0n) is 9.27. The first kappa shape index (κ1) is 11.1. The summed E-state index contributed by atoms with van der Waals surface area (Å²) in [4.78, 5) is 14.0. The van der Waals surface area contributed by atoms with Crippen molar-refractivity contribution in [1.29, 1.82) is 0 Å². The van der Waals surface area contributed by atoms with Gasteiger partial charge < -0.3 is 15.2 Å². The SMILES string of the molecule is CC(C(=O)Nc1ccon1)N1CCNCC1. The minimum Gasteiger partial charge on any atom is -0.363 e. The molecule has 1 unspecified atom stereocenters. The van der Waals surface area contributed by atoms with Gasteiger partial charge in [-0.3, -0.25) is 9.69 Å². The average molecular weight is 224 g/mol. The van der Waals surface area contributed by atoms with Crippen molar-refractivity contribution in [3.05, 3.63) is 12.3 Å². The lowest BCUT2D eigenvalue weighted by atomic mass is 10.2. The molecule has 1 aliphatic rings. The van der Waals surface area contributed by atoms with Crippen LogP contribution < -0.4 is 10.6 Å². The highest BCUT2D eigenvalue weighted by molar-refractivity contribution is 5.93. The van der Waals surface area contributed by atoms with E-state index in [1.165, 1.54) is 6.26 Å². The largest absolute Gasteiger partial charge is 0.363 e. The molecule has 2 heterocycles. The van der Waals surface area contributed by atoms with Crippen LogP contribution in [0.2, 0.25) is 0 Å². The number of nitrogens with zero attached hydrogens (tertiary/aromatic N) is 2. The fourth-order valence-electron chi connectivity index (χ4n) is 1.74. The van der Waals surface area contributed by atoms with Gasteiger partial charge in [0.25, 0.3) is 0 Å². The Hall–Kier alpha value is -1.40. The lowest BCUT2D eigenvalue weighted by Gasteiger charge is -2.31. The number of amides is 1. The Labute approximate surface area is 94.0 Å². The third kappa shape index (κ3) is 2.59. The summed E-state index contributed by atoms with van der Waals surface area (Å²) in [6, 6.07) is 1.49. The molecular weight excluding hydrogens is 208 g/mol. The molecule has 1 aliphatic heterocycles. The summed E-state index contributed by atoms with van der Waals surface area (Å²) in [5.41, 5.74) is 0. The number of piperazine rings is 1. The topological polar surface area (TPSA) is 70.4 Å². The highest BCUT2D eigenvalue weighted by Crippen LogP contribution is 2.06. The monoisotopic (exact) mass is 224 g/mol. The lowest BCUT2D eigenvalue weighted by molar-refractivity contribution is -0.121. The quantitative estimate of drug-likeness (QED) is 0.750. The molecule has 2 rings (SSSR count). The van der Waals surface area contributed by atoms with Gasteiger partial charge in [0.1, 0.15) is 6.26 Å². The zero-order chi connectivity index (χ0) is 11.4. The van der Waals surface area contributed by atoms with Crippen LogP contribution in [0.3, 0.4) is 0 Å². The van der Waals surface area contributed by atoms with Gasteiger partial charge in [-0.05, 0) is 6.92 Å². The van der Waals surface area contributed by atoms with Crippen molar-refractivity contribution in [2.75, 3.05) is 31.5 Å². The van der Waals surface area contributed by atoms with Gasteiger partial charge in [-0.15, -0.1) is 0 Å². The summed E-state index contributed by atoms with van der Waals surface area (Å²) in [6.45, 7) is 5.56. The number of nitrogens with one attached hydrogen (secondary N) is 2. The molecular formula is C10H16N4O2. The summed E-state index contributed by atoms with van der Waals surface area (Å²) in [5, 5.41) is 9.61. The fourth-order valence-corrected chi connectivity index (χ4v) is 1.74. The van der Waals surface area contributed by atoms with Crippen molar-refractivity contribution in [3.8, 4) is 0 Å². The molecule has 1 fully saturated rings. The fraction of sp³-hybridized carbons (Fsp3) is 0.600. The molecule has 0 spiro atoms. The Morgan fingerprint density at radius 3 is 3.00 bits per heavy atom. The number of anilines is 1. The van der Waals surface area contributed by atoms with E-state index in [9.17, 15) is 4.79 Å². The summed E-state index contributed by atoms with van der Waals surface area (Å²) < 4.78 is 4.65. The molecule has 1 aromatic heterocycles. The molecule has 0 radical (unpaired) electrons. The maximum absolute atomic E-state index is 11.9. The predicted octanol–water partition coefficient (Wildman–Crippen LogP) is -0.0932. The van der Waals surface area contributed by atoms with Crippen molar-refractivity contribution in [2.45, 2.75) is 13.0 Å². The lowest BCUT2D eigenvalue weighted by Crippen LogP contribution is -2.51. The number of carbonyl (C=O) groups excluding carboxylic acids is 1. The van der Waals surface area contributed by atoms with Crippen LogP contribution in [0.5, 0.6) is 0 Å². The maximum Gasteiger partial charge on any atom is 0.242 e. The van der Waals surface area contributed by atoms with Crippen LogP contribution in [0.15, 0.2) is 16.9 Å². The van der Waals surface area contributed by atoms with Crippen LogP contribution in [-0.2, 0) is 4.79 Å². The molecule has 16 heavy (non-hydrogen) atoms. The summed E-state index contributed by atoms with van der Waals surface area (Å²) in [5.74, 6) is 0.419. The summed E-state index contributed by atoms with van der Waals surface area (Å²) in [7, 11) is 0. The van der Waals surface area contributed by atoms with Gasteiger partial charge in [-0.1, -0.05) is 5.16 Å². The van der Waals surface area contributed by atoms with Gasteiger partial charge in [-0.25, -0.2) is 0 Å². The van der Waals surface area contributed by atoms with Gasteiger partial charge in [0.05, 0.1) is 6.04 Å². The van der Waals surface area contributed by atoms with E-state index < -0.39 is 0 Å². The molecule has 0 bridgehead atoms. The number of aromatic nitrogens is 1. The van der Waals surface area contributed by atoms with Crippen molar-refractivity contribution < 1.29 is 9.32 Å². The van der Waals surface area contributed by atoms with E-state index in [2.05, 4.69) is 25.2 Å². The molecule has 0 aliphatic carbocycles. The number of hydrogen-bond donors (Lipinski definition) is 2. The van der Waals surface area contributed by atoms with Gasteiger partial charge >= 0.3 is 0 Å².